The molecule has 0 heterocycles. The van der Waals surface area contributed by atoms with E-state index in [1.807, 2.05) is 13.0 Å². The summed E-state index contributed by atoms with van der Waals surface area (Å²) >= 11 is 0. The van der Waals surface area contributed by atoms with E-state index in [1.165, 1.54) is 37.7 Å². The van der Waals surface area contributed by atoms with Gasteiger partial charge in [0.2, 0.25) is 0 Å². The maximum atomic E-state index is 9.19. The quantitative estimate of drug-likeness (QED) is 0.471. The van der Waals surface area contributed by atoms with Gasteiger partial charge in [-0.2, -0.15) is 0 Å². The highest BCUT2D eigenvalue weighted by molar-refractivity contribution is 5.05. The fourth-order valence-electron chi connectivity index (χ4n) is 1.89. The summed E-state index contributed by atoms with van der Waals surface area (Å²) in [7, 11) is 0. The van der Waals surface area contributed by atoms with Crippen molar-refractivity contribution in [1.82, 2.24) is 0 Å². The van der Waals surface area contributed by atoms with Crippen molar-refractivity contribution >= 4 is 0 Å². The van der Waals surface area contributed by atoms with E-state index in [0.717, 1.165) is 5.92 Å². The predicted octanol–water partition coefficient (Wildman–Crippen LogP) is 2.89. The normalized spacial score (nSPS) is 31.6. The van der Waals surface area contributed by atoms with E-state index in [1.54, 1.807) is 0 Å². The Labute approximate surface area is 75.5 Å². The molecule has 0 radical (unpaired) electrons. The molecule has 1 nitrogen and oxygen atoms in total. The third kappa shape index (κ3) is 3.40. The zero-order valence-corrected chi connectivity index (χ0v) is 8.21. The van der Waals surface area contributed by atoms with Crippen LogP contribution >= 0.6 is 0 Å². The van der Waals surface area contributed by atoms with Crippen LogP contribution in [0.3, 0.4) is 0 Å². The SMILES string of the molecule is CC(O)/C=C1/CCCC(C)CC1. The predicted molar refractivity (Wildman–Crippen MR) is 52.0 cm³/mol. The fraction of sp³-hybridized carbons (Fsp3) is 0.818. The van der Waals surface area contributed by atoms with Gasteiger partial charge in [0, 0.05) is 0 Å². The van der Waals surface area contributed by atoms with Crippen molar-refractivity contribution in [3.8, 4) is 0 Å². The van der Waals surface area contributed by atoms with Crippen molar-refractivity contribution in [3.63, 3.8) is 0 Å². The van der Waals surface area contributed by atoms with Crippen molar-refractivity contribution in [2.75, 3.05) is 0 Å². The second-order valence-corrected chi connectivity index (χ2v) is 4.10. The highest BCUT2D eigenvalue weighted by Gasteiger charge is 2.10. The fourth-order valence-corrected chi connectivity index (χ4v) is 1.89. The van der Waals surface area contributed by atoms with Crippen molar-refractivity contribution < 1.29 is 5.11 Å². The minimum atomic E-state index is -0.256. The largest absolute Gasteiger partial charge is 0.389 e. The first-order valence-electron chi connectivity index (χ1n) is 5.06. The summed E-state index contributed by atoms with van der Waals surface area (Å²) in [6, 6.07) is 0. The molecule has 0 bridgehead atoms. The number of aliphatic hydroxyl groups excluding tert-OH is 1. The number of aliphatic hydroxyl groups is 1. The van der Waals surface area contributed by atoms with Crippen LogP contribution in [0.5, 0.6) is 0 Å². The lowest BCUT2D eigenvalue weighted by Crippen LogP contribution is -1.96. The molecule has 0 aromatic heterocycles. The molecule has 2 atom stereocenters. The van der Waals surface area contributed by atoms with E-state index in [0.29, 0.717) is 0 Å². The summed E-state index contributed by atoms with van der Waals surface area (Å²) in [5.74, 6) is 0.880. The second-order valence-electron chi connectivity index (χ2n) is 4.10. The van der Waals surface area contributed by atoms with Crippen molar-refractivity contribution in [2.24, 2.45) is 5.92 Å². The molecule has 12 heavy (non-hydrogen) atoms. The van der Waals surface area contributed by atoms with E-state index in [4.69, 9.17) is 0 Å². The van der Waals surface area contributed by atoms with Gasteiger partial charge in [-0.25, -0.2) is 0 Å². The number of hydrogen-bond donors (Lipinski definition) is 1. The first-order chi connectivity index (χ1) is 5.68. The van der Waals surface area contributed by atoms with E-state index in [2.05, 4.69) is 6.92 Å². The topological polar surface area (TPSA) is 20.2 Å². The van der Waals surface area contributed by atoms with Crippen molar-refractivity contribution in [2.45, 2.75) is 52.1 Å². The highest BCUT2D eigenvalue weighted by Crippen LogP contribution is 2.26. The Balaban J connectivity index is 2.45. The lowest BCUT2D eigenvalue weighted by Gasteiger charge is -2.05. The van der Waals surface area contributed by atoms with Gasteiger partial charge in [-0.15, -0.1) is 0 Å². The molecule has 1 saturated carbocycles. The Morgan fingerprint density at radius 2 is 2.17 bits per heavy atom. The number of rotatable bonds is 1. The maximum absolute atomic E-state index is 9.19. The Hall–Kier alpha value is -0.300. The molecule has 1 fully saturated rings. The Morgan fingerprint density at radius 1 is 1.42 bits per heavy atom. The summed E-state index contributed by atoms with van der Waals surface area (Å²) in [6.45, 7) is 4.16. The Morgan fingerprint density at radius 3 is 2.83 bits per heavy atom. The number of hydrogen-bond acceptors (Lipinski definition) is 1. The van der Waals surface area contributed by atoms with Crippen LogP contribution in [-0.2, 0) is 0 Å². The van der Waals surface area contributed by atoms with Gasteiger partial charge in [0.1, 0.15) is 0 Å². The zero-order chi connectivity index (χ0) is 8.97. The molecule has 0 aliphatic heterocycles. The molecule has 1 aliphatic rings. The Bertz CT molecular complexity index is 158. The van der Waals surface area contributed by atoms with E-state index in [9.17, 15) is 5.11 Å². The van der Waals surface area contributed by atoms with Crippen LogP contribution in [0.15, 0.2) is 11.6 Å². The molecule has 2 unspecified atom stereocenters. The van der Waals surface area contributed by atoms with Crippen LogP contribution in [-0.4, -0.2) is 11.2 Å². The van der Waals surface area contributed by atoms with Crippen molar-refractivity contribution in [1.29, 1.82) is 0 Å². The molecule has 0 amide bonds. The first kappa shape index (κ1) is 9.79. The molecule has 1 heteroatoms. The summed E-state index contributed by atoms with van der Waals surface area (Å²) in [5, 5.41) is 9.19. The van der Waals surface area contributed by atoms with Crippen LogP contribution in [0, 0.1) is 5.92 Å². The summed E-state index contributed by atoms with van der Waals surface area (Å²) < 4.78 is 0. The first-order valence-corrected chi connectivity index (χ1v) is 5.06. The smallest absolute Gasteiger partial charge is 0.0695 e. The van der Waals surface area contributed by atoms with Gasteiger partial charge in [-0.05, 0) is 38.5 Å². The van der Waals surface area contributed by atoms with Crippen LogP contribution in [0.1, 0.15) is 46.0 Å². The molecular formula is C11H20O. The maximum Gasteiger partial charge on any atom is 0.0695 e. The van der Waals surface area contributed by atoms with E-state index in [-0.39, 0.29) is 6.10 Å². The summed E-state index contributed by atoms with van der Waals surface area (Å²) in [6.07, 6.45) is 8.14. The van der Waals surface area contributed by atoms with Crippen LogP contribution in [0.2, 0.25) is 0 Å². The standard InChI is InChI=1S/C11H20O/c1-9-4-3-5-11(7-6-9)8-10(2)12/h8-10,12H,3-7H2,1-2H3/b11-8-. The lowest BCUT2D eigenvalue weighted by molar-refractivity contribution is 0.242. The summed E-state index contributed by atoms with van der Waals surface area (Å²) in [5.41, 5.74) is 1.47. The van der Waals surface area contributed by atoms with Gasteiger partial charge >= 0.3 is 0 Å². The highest BCUT2D eigenvalue weighted by atomic mass is 16.3. The van der Waals surface area contributed by atoms with Gasteiger partial charge in [0.25, 0.3) is 0 Å². The molecule has 0 aromatic carbocycles. The molecule has 0 spiro atoms. The molecule has 0 saturated heterocycles. The van der Waals surface area contributed by atoms with Gasteiger partial charge < -0.3 is 5.11 Å². The second kappa shape index (κ2) is 4.66. The van der Waals surface area contributed by atoms with Crippen LogP contribution < -0.4 is 0 Å². The summed E-state index contributed by atoms with van der Waals surface area (Å²) in [4.78, 5) is 0. The monoisotopic (exact) mass is 168 g/mol. The van der Waals surface area contributed by atoms with Gasteiger partial charge in [-0.1, -0.05) is 25.0 Å². The van der Waals surface area contributed by atoms with E-state index >= 15 is 0 Å². The molecule has 1 aliphatic carbocycles. The minimum absolute atomic E-state index is 0.256. The minimum Gasteiger partial charge on any atom is -0.389 e. The third-order valence-electron chi connectivity index (χ3n) is 2.63. The zero-order valence-electron chi connectivity index (χ0n) is 8.21. The third-order valence-corrected chi connectivity index (χ3v) is 2.63. The Kier molecular flexibility index (Phi) is 3.80. The average molecular weight is 168 g/mol. The molecular weight excluding hydrogens is 148 g/mol. The molecule has 70 valence electrons. The number of allylic oxidation sites excluding steroid dienone is 1. The average Bonchev–Trinajstić information content (AvgIpc) is 2.15. The van der Waals surface area contributed by atoms with E-state index < -0.39 is 0 Å². The van der Waals surface area contributed by atoms with Crippen LogP contribution in [0.25, 0.3) is 0 Å². The van der Waals surface area contributed by atoms with Gasteiger partial charge in [-0.3, -0.25) is 0 Å². The van der Waals surface area contributed by atoms with Gasteiger partial charge in [0.15, 0.2) is 0 Å². The van der Waals surface area contributed by atoms with Crippen LogP contribution in [0.4, 0.5) is 0 Å². The molecule has 0 aromatic rings. The molecule has 1 rings (SSSR count). The lowest BCUT2D eigenvalue weighted by atomic mass is 10.0. The van der Waals surface area contributed by atoms with Crippen molar-refractivity contribution in [3.05, 3.63) is 11.6 Å². The molecule has 1 N–H and O–H groups in total. The van der Waals surface area contributed by atoms with Gasteiger partial charge in [0.05, 0.1) is 6.10 Å².